The maximum Gasteiger partial charge on any atom is 0.253 e. The summed E-state index contributed by atoms with van der Waals surface area (Å²) in [6.07, 6.45) is 0.989. The molecule has 1 fully saturated rings. The summed E-state index contributed by atoms with van der Waals surface area (Å²) < 4.78 is 0. The van der Waals surface area contributed by atoms with Gasteiger partial charge in [0.25, 0.3) is 5.91 Å². The molecule has 1 aromatic heterocycles. The summed E-state index contributed by atoms with van der Waals surface area (Å²) in [7, 11) is 2.17. The van der Waals surface area contributed by atoms with Crippen molar-refractivity contribution in [2.75, 3.05) is 46.3 Å². The topological polar surface area (TPSA) is 51.4 Å². The SMILES string of the molecule is Cc1ccc(-c2cc(C(=O)NCCCN3CCN(C)CC3)c(C)[nH]2)cc1C. The quantitative estimate of drug-likeness (QED) is 0.771. The van der Waals surface area contributed by atoms with Crippen LogP contribution in [0.2, 0.25) is 0 Å². The predicted molar refractivity (Wildman–Crippen MR) is 111 cm³/mol. The van der Waals surface area contributed by atoms with E-state index in [9.17, 15) is 4.79 Å². The first kappa shape index (κ1) is 19.6. The molecule has 5 heteroatoms. The maximum atomic E-state index is 12.6. The molecule has 27 heavy (non-hydrogen) atoms. The van der Waals surface area contributed by atoms with E-state index in [4.69, 9.17) is 0 Å². The van der Waals surface area contributed by atoms with Crippen molar-refractivity contribution in [2.24, 2.45) is 0 Å². The Labute approximate surface area is 162 Å². The number of H-pyrrole nitrogens is 1. The van der Waals surface area contributed by atoms with Gasteiger partial charge in [-0.25, -0.2) is 0 Å². The van der Waals surface area contributed by atoms with E-state index < -0.39 is 0 Å². The Hall–Kier alpha value is -2.11. The average Bonchev–Trinajstić information content (AvgIpc) is 3.04. The summed E-state index contributed by atoms with van der Waals surface area (Å²) in [5.41, 5.74) is 6.31. The molecule has 146 valence electrons. The van der Waals surface area contributed by atoms with Crippen LogP contribution in [-0.4, -0.2) is 67.0 Å². The van der Waals surface area contributed by atoms with Crippen LogP contribution in [0.5, 0.6) is 0 Å². The van der Waals surface area contributed by atoms with E-state index in [2.05, 4.69) is 59.2 Å². The molecule has 1 saturated heterocycles. The molecule has 1 aromatic carbocycles. The third kappa shape index (κ3) is 4.99. The average molecular weight is 369 g/mol. The number of nitrogens with one attached hydrogen (secondary N) is 2. The second-order valence-electron chi connectivity index (χ2n) is 7.78. The van der Waals surface area contributed by atoms with Crippen molar-refractivity contribution in [1.82, 2.24) is 20.1 Å². The number of hydrogen-bond acceptors (Lipinski definition) is 3. The summed E-state index contributed by atoms with van der Waals surface area (Å²) in [4.78, 5) is 20.8. The van der Waals surface area contributed by atoms with Gasteiger partial charge in [-0.1, -0.05) is 12.1 Å². The molecule has 0 aliphatic carbocycles. The molecule has 1 aliphatic rings. The Morgan fingerprint density at radius 1 is 1.07 bits per heavy atom. The number of nitrogens with zero attached hydrogens (tertiary/aromatic N) is 2. The highest BCUT2D eigenvalue weighted by Crippen LogP contribution is 2.24. The fraction of sp³-hybridized carbons (Fsp3) is 0.500. The number of aryl methyl sites for hydroxylation is 3. The Kier molecular flexibility index (Phi) is 6.34. The Morgan fingerprint density at radius 3 is 2.52 bits per heavy atom. The molecule has 0 atom stereocenters. The van der Waals surface area contributed by atoms with Crippen LogP contribution in [0.3, 0.4) is 0 Å². The molecular formula is C22H32N4O. The van der Waals surface area contributed by atoms with E-state index in [1.54, 1.807) is 0 Å². The van der Waals surface area contributed by atoms with Gasteiger partial charge in [0.15, 0.2) is 0 Å². The lowest BCUT2D eigenvalue weighted by atomic mass is 10.0. The van der Waals surface area contributed by atoms with Gasteiger partial charge in [-0.2, -0.15) is 0 Å². The molecule has 2 N–H and O–H groups in total. The third-order valence-corrected chi connectivity index (χ3v) is 5.61. The standard InChI is InChI=1S/C22H32N4O/c1-16-6-7-19(14-17(16)2)21-15-20(18(3)24-21)22(27)23-8-5-9-26-12-10-25(4)11-13-26/h6-7,14-15,24H,5,8-13H2,1-4H3,(H,23,27). The molecule has 3 rings (SSSR count). The number of aromatic nitrogens is 1. The fourth-order valence-electron chi connectivity index (χ4n) is 3.53. The van der Waals surface area contributed by atoms with Gasteiger partial charge in [0.1, 0.15) is 0 Å². The smallest absolute Gasteiger partial charge is 0.253 e. The molecule has 0 unspecified atom stereocenters. The molecule has 5 nitrogen and oxygen atoms in total. The van der Waals surface area contributed by atoms with Crippen molar-refractivity contribution >= 4 is 5.91 Å². The van der Waals surface area contributed by atoms with E-state index in [0.29, 0.717) is 0 Å². The molecule has 2 heterocycles. The van der Waals surface area contributed by atoms with Crippen molar-refractivity contribution in [3.63, 3.8) is 0 Å². The van der Waals surface area contributed by atoms with Gasteiger partial charge >= 0.3 is 0 Å². The highest BCUT2D eigenvalue weighted by atomic mass is 16.1. The Bertz CT molecular complexity index is 788. The van der Waals surface area contributed by atoms with E-state index in [-0.39, 0.29) is 5.91 Å². The molecule has 2 aromatic rings. The number of likely N-dealkylation sites (N-methyl/N-ethyl adjacent to an activating group) is 1. The van der Waals surface area contributed by atoms with Gasteiger partial charge in [0.05, 0.1) is 5.56 Å². The highest BCUT2D eigenvalue weighted by Gasteiger charge is 2.15. The summed E-state index contributed by atoms with van der Waals surface area (Å²) in [5, 5.41) is 3.08. The van der Waals surface area contributed by atoms with Crippen molar-refractivity contribution in [3.05, 3.63) is 46.6 Å². The zero-order chi connectivity index (χ0) is 19.4. The summed E-state index contributed by atoms with van der Waals surface area (Å²) in [6, 6.07) is 8.36. The Morgan fingerprint density at radius 2 is 1.81 bits per heavy atom. The number of rotatable bonds is 6. The maximum absolute atomic E-state index is 12.6. The molecule has 0 saturated carbocycles. The van der Waals surface area contributed by atoms with E-state index in [0.717, 1.165) is 68.2 Å². The van der Waals surface area contributed by atoms with Crippen LogP contribution >= 0.6 is 0 Å². The lowest BCUT2D eigenvalue weighted by Gasteiger charge is -2.32. The van der Waals surface area contributed by atoms with Crippen LogP contribution in [0.4, 0.5) is 0 Å². The number of piperazine rings is 1. The fourth-order valence-corrected chi connectivity index (χ4v) is 3.53. The first-order valence-corrected chi connectivity index (χ1v) is 9.90. The van der Waals surface area contributed by atoms with Gasteiger partial charge in [-0.15, -0.1) is 0 Å². The molecular weight excluding hydrogens is 336 g/mol. The zero-order valence-electron chi connectivity index (χ0n) is 17.1. The minimum absolute atomic E-state index is 0.0113. The van der Waals surface area contributed by atoms with Crippen LogP contribution in [0.25, 0.3) is 11.3 Å². The monoisotopic (exact) mass is 368 g/mol. The predicted octanol–water partition coefficient (Wildman–Crippen LogP) is 2.97. The minimum atomic E-state index is 0.0113. The van der Waals surface area contributed by atoms with E-state index in [1.807, 2.05) is 13.0 Å². The van der Waals surface area contributed by atoms with Gasteiger partial charge < -0.3 is 20.1 Å². The lowest BCUT2D eigenvalue weighted by Crippen LogP contribution is -2.45. The minimum Gasteiger partial charge on any atom is -0.358 e. The first-order valence-electron chi connectivity index (χ1n) is 9.90. The summed E-state index contributed by atoms with van der Waals surface area (Å²) in [6.45, 7) is 12.5. The highest BCUT2D eigenvalue weighted by molar-refractivity contribution is 5.96. The molecule has 1 aliphatic heterocycles. The second-order valence-corrected chi connectivity index (χ2v) is 7.78. The Balaban J connectivity index is 1.52. The number of aromatic amines is 1. The van der Waals surface area contributed by atoms with Gasteiger partial charge in [0, 0.05) is 44.1 Å². The van der Waals surface area contributed by atoms with E-state index in [1.165, 1.54) is 11.1 Å². The van der Waals surface area contributed by atoms with Gasteiger partial charge in [-0.3, -0.25) is 4.79 Å². The van der Waals surface area contributed by atoms with Crippen LogP contribution in [0.15, 0.2) is 24.3 Å². The first-order chi connectivity index (χ1) is 12.9. The van der Waals surface area contributed by atoms with Crippen molar-refractivity contribution < 1.29 is 4.79 Å². The van der Waals surface area contributed by atoms with Gasteiger partial charge in [0.2, 0.25) is 0 Å². The van der Waals surface area contributed by atoms with Crippen molar-refractivity contribution in [1.29, 1.82) is 0 Å². The number of benzene rings is 1. The number of carbonyl (C=O) groups excluding carboxylic acids is 1. The largest absolute Gasteiger partial charge is 0.358 e. The normalized spacial score (nSPS) is 15.9. The number of carbonyl (C=O) groups is 1. The van der Waals surface area contributed by atoms with Crippen molar-refractivity contribution in [3.8, 4) is 11.3 Å². The van der Waals surface area contributed by atoms with Crippen LogP contribution in [-0.2, 0) is 0 Å². The van der Waals surface area contributed by atoms with Crippen LogP contribution < -0.4 is 5.32 Å². The zero-order valence-corrected chi connectivity index (χ0v) is 17.1. The van der Waals surface area contributed by atoms with E-state index >= 15 is 0 Å². The number of hydrogen-bond donors (Lipinski definition) is 2. The summed E-state index contributed by atoms with van der Waals surface area (Å²) >= 11 is 0. The third-order valence-electron chi connectivity index (χ3n) is 5.61. The molecule has 0 radical (unpaired) electrons. The number of amides is 1. The molecule has 0 bridgehead atoms. The van der Waals surface area contributed by atoms with Crippen LogP contribution in [0, 0.1) is 20.8 Å². The second kappa shape index (κ2) is 8.72. The van der Waals surface area contributed by atoms with Gasteiger partial charge in [-0.05, 0) is 69.6 Å². The summed E-state index contributed by atoms with van der Waals surface area (Å²) in [5.74, 6) is 0.0113. The van der Waals surface area contributed by atoms with Crippen LogP contribution in [0.1, 0.15) is 33.6 Å². The molecule has 1 amide bonds. The molecule has 0 spiro atoms. The van der Waals surface area contributed by atoms with Crippen molar-refractivity contribution in [2.45, 2.75) is 27.2 Å². The lowest BCUT2D eigenvalue weighted by molar-refractivity contribution is 0.0949.